The first-order valence-electron chi connectivity index (χ1n) is 10.8. The van der Waals surface area contributed by atoms with Gasteiger partial charge in [-0.1, -0.05) is 13.8 Å². The molecule has 0 spiro atoms. The summed E-state index contributed by atoms with van der Waals surface area (Å²) >= 11 is 0. The number of hydrogen-bond acceptors (Lipinski definition) is 8. The molecule has 0 rings (SSSR count). The maximum absolute atomic E-state index is 12.9. The van der Waals surface area contributed by atoms with Crippen LogP contribution >= 0.6 is 0 Å². The van der Waals surface area contributed by atoms with E-state index in [0.29, 0.717) is 0 Å². The zero-order valence-electron chi connectivity index (χ0n) is 19.6. The number of nitrogens with one attached hydrogen (secondary N) is 3. The minimum Gasteiger partial charge on any atom is -0.481 e. The Morgan fingerprint density at radius 2 is 1.17 bits per heavy atom. The third kappa shape index (κ3) is 12.9. The minimum absolute atomic E-state index is 0.0514. The fraction of sp³-hybridized carbons (Fsp3) is 0.650. The van der Waals surface area contributed by atoms with Gasteiger partial charge in [0, 0.05) is 19.3 Å². The van der Waals surface area contributed by atoms with Gasteiger partial charge in [0.2, 0.25) is 29.5 Å². The number of primary amides is 2. The van der Waals surface area contributed by atoms with Crippen molar-refractivity contribution < 1.29 is 43.8 Å². The third-order valence-corrected chi connectivity index (χ3v) is 4.86. The summed E-state index contributed by atoms with van der Waals surface area (Å²) in [4.78, 5) is 82.1. The van der Waals surface area contributed by atoms with Crippen molar-refractivity contribution in [1.82, 2.24) is 16.0 Å². The van der Waals surface area contributed by atoms with Crippen molar-refractivity contribution in [2.45, 2.75) is 76.5 Å². The van der Waals surface area contributed by atoms with E-state index in [1.54, 1.807) is 13.8 Å². The molecule has 11 N–H and O–H groups in total. The van der Waals surface area contributed by atoms with E-state index in [2.05, 4.69) is 16.0 Å². The molecule has 0 radical (unpaired) electrons. The van der Waals surface area contributed by atoms with Gasteiger partial charge in [0.15, 0.2) is 0 Å². The van der Waals surface area contributed by atoms with Crippen LogP contribution in [-0.4, -0.2) is 75.9 Å². The van der Waals surface area contributed by atoms with Gasteiger partial charge in [-0.25, -0.2) is 4.79 Å². The van der Waals surface area contributed by atoms with E-state index in [-0.39, 0.29) is 25.7 Å². The molecule has 0 saturated carbocycles. The van der Waals surface area contributed by atoms with Gasteiger partial charge < -0.3 is 43.4 Å². The summed E-state index contributed by atoms with van der Waals surface area (Å²) in [7, 11) is 0. The van der Waals surface area contributed by atoms with Gasteiger partial charge in [-0.05, 0) is 25.2 Å². The molecule has 15 heteroatoms. The SMILES string of the molecule is CC(C)C(NC(=O)C(N)CCC(N)=O)C(=O)NC(CCC(N)=O)C(=O)NC(CCC(=O)O)C(=O)O. The minimum atomic E-state index is -1.56. The zero-order valence-corrected chi connectivity index (χ0v) is 19.6. The number of amides is 5. The molecule has 198 valence electrons. The average Bonchev–Trinajstić information content (AvgIpc) is 2.74. The summed E-state index contributed by atoms with van der Waals surface area (Å²) in [5.41, 5.74) is 15.9. The van der Waals surface area contributed by atoms with E-state index >= 15 is 0 Å². The maximum Gasteiger partial charge on any atom is 0.326 e. The highest BCUT2D eigenvalue weighted by Gasteiger charge is 2.32. The predicted molar refractivity (Wildman–Crippen MR) is 120 cm³/mol. The average molecular weight is 503 g/mol. The van der Waals surface area contributed by atoms with Crippen molar-refractivity contribution in [3.05, 3.63) is 0 Å². The number of carbonyl (C=O) groups is 7. The highest BCUT2D eigenvalue weighted by Crippen LogP contribution is 2.07. The summed E-state index contributed by atoms with van der Waals surface area (Å²) in [6.07, 6.45) is -1.76. The molecule has 0 fully saturated rings. The summed E-state index contributed by atoms with van der Waals surface area (Å²) in [5, 5.41) is 24.9. The van der Waals surface area contributed by atoms with E-state index in [9.17, 15) is 38.7 Å². The number of carbonyl (C=O) groups excluding carboxylic acids is 5. The van der Waals surface area contributed by atoms with Crippen molar-refractivity contribution >= 4 is 41.5 Å². The Kier molecular flexibility index (Phi) is 13.6. The second kappa shape index (κ2) is 15.2. The zero-order chi connectivity index (χ0) is 27.3. The van der Waals surface area contributed by atoms with Crippen LogP contribution in [0, 0.1) is 5.92 Å². The van der Waals surface area contributed by atoms with E-state index in [1.165, 1.54) is 0 Å². The first-order valence-corrected chi connectivity index (χ1v) is 10.8. The van der Waals surface area contributed by atoms with Crippen LogP contribution in [0.4, 0.5) is 0 Å². The lowest BCUT2D eigenvalue weighted by Gasteiger charge is -2.27. The molecular formula is C20H34N6O9. The van der Waals surface area contributed by atoms with Crippen LogP contribution in [0.1, 0.15) is 52.4 Å². The summed E-state index contributed by atoms with van der Waals surface area (Å²) in [6.45, 7) is 3.20. The smallest absolute Gasteiger partial charge is 0.326 e. The van der Waals surface area contributed by atoms with Crippen molar-refractivity contribution in [2.75, 3.05) is 0 Å². The molecule has 4 atom stereocenters. The maximum atomic E-state index is 12.9. The van der Waals surface area contributed by atoms with Crippen LogP contribution in [-0.2, 0) is 33.6 Å². The molecule has 4 unspecified atom stereocenters. The van der Waals surface area contributed by atoms with Crippen LogP contribution in [0.15, 0.2) is 0 Å². The van der Waals surface area contributed by atoms with E-state index in [1.807, 2.05) is 0 Å². The first-order chi connectivity index (χ1) is 16.1. The lowest BCUT2D eigenvalue weighted by Crippen LogP contribution is -2.58. The fourth-order valence-electron chi connectivity index (χ4n) is 2.84. The topological polar surface area (TPSA) is 274 Å². The molecule has 0 aliphatic carbocycles. The standard InChI is InChI=1S/C20H34N6O9/c1-9(2)16(26-17(31)10(21)3-6-13(22)27)19(33)24-11(4-7-14(23)28)18(32)25-12(20(34)35)5-8-15(29)30/h9-12,16H,3-8,21H2,1-2H3,(H2,22,27)(H2,23,28)(H,24,33)(H,25,32)(H,26,31)(H,29,30)(H,34,35). The van der Waals surface area contributed by atoms with Crippen LogP contribution in [0.2, 0.25) is 0 Å². The molecule has 0 aromatic heterocycles. The predicted octanol–water partition coefficient (Wildman–Crippen LogP) is -3.10. The number of aliphatic carboxylic acids is 2. The van der Waals surface area contributed by atoms with Gasteiger partial charge in [-0.15, -0.1) is 0 Å². The van der Waals surface area contributed by atoms with Gasteiger partial charge in [0.1, 0.15) is 18.1 Å². The van der Waals surface area contributed by atoms with Gasteiger partial charge in [-0.2, -0.15) is 0 Å². The largest absolute Gasteiger partial charge is 0.481 e. The molecular weight excluding hydrogens is 468 g/mol. The number of carboxylic acid groups (broad SMARTS) is 2. The molecule has 0 saturated heterocycles. The van der Waals surface area contributed by atoms with Crippen molar-refractivity contribution in [1.29, 1.82) is 0 Å². The molecule has 0 aliphatic heterocycles. The van der Waals surface area contributed by atoms with Gasteiger partial charge in [-0.3, -0.25) is 28.8 Å². The number of hydrogen-bond donors (Lipinski definition) is 8. The monoisotopic (exact) mass is 502 g/mol. The van der Waals surface area contributed by atoms with Gasteiger partial charge in [0.05, 0.1) is 6.04 Å². The Morgan fingerprint density at radius 1 is 0.686 bits per heavy atom. The Labute approximate surface area is 201 Å². The Morgan fingerprint density at radius 3 is 1.63 bits per heavy atom. The molecule has 35 heavy (non-hydrogen) atoms. The molecule has 0 aromatic carbocycles. The van der Waals surface area contributed by atoms with Crippen molar-refractivity contribution in [2.24, 2.45) is 23.1 Å². The molecule has 15 nitrogen and oxygen atoms in total. The molecule has 5 amide bonds. The lowest BCUT2D eigenvalue weighted by molar-refractivity contribution is -0.143. The van der Waals surface area contributed by atoms with Gasteiger partial charge >= 0.3 is 11.9 Å². The van der Waals surface area contributed by atoms with Crippen molar-refractivity contribution in [3.8, 4) is 0 Å². The molecule has 0 aliphatic rings. The second-order valence-electron chi connectivity index (χ2n) is 8.24. The summed E-state index contributed by atoms with van der Waals surface area (Å²) < 4.78 is 0. The molecule has 0 bridgehead atoms. The Balaban J connectivity index is 5.49. The normalized spacial score (nSPS) is 14.2. The Hall–Kier alpha value is -3.75. The van der Waals surface area contributed by atoms with Crippen LogP contribution in [0.25, 0.3) is 0 Å². The van der Waals surface area contributed by atoms with Crippen LogP contribution in [0.5, 0.6) is 0 Å². The highest BCUT2D eigenvalue weighted by molar-refractivity contribution is 5.94. The number of carboxylic acids is 2. The van der Waals surface area contributed by atoms with Gasteiger partial charge in [0.25, 0.3) is 0 Å². The van der Waals surface area contributed by atoms with E-state index in [0.717, 1.165) is 0 Å². The van der Waals surface area contributed by atoms with Crippen LogP contribution in [0.3, 0.4) is 0 Å². The van der Waals surface area contributed by atoms with E-state index < -0.39 is 84.4 Å². The molecule has 0 aromatic rings. The lowest BCUT2D eigenvalue weighted by atomic mass is 10.0. The van der Waals surface area contributed by atoms with E-state index in [4.69, 9.17) is 22.3 Å². The summed E-state index contributed by atoms with van der Waals surface area (Å²) in [5.74, 6) is -7.22. The van der Waals surface area contributed by atoms with Crippen molar-refractivity contribution in [3.63, 3.8) is 0 Å². The third-order valence-electron chi connectivity index (χ3n) is 4.86. The fourth-order valence-corrected chi connectivity index (χ4v) is 2.84. The second-order valence-corrected chi connectivity index (χ2v) is 8.24. The van der Waals surface area contributed by atoms with Crippen LogP contribution < -0.4 is 33.2 Å². The first kappa shape index (κ1) is 31.2. The quantitative estimate of drug-likeness (QED) is 0.0991. The molecule has 0 heterocycles. The number of rotatable bonds is 17. The highest BCUT2D eigenvalue weighted by atomic mass is 16.4. The summed E-state index contributed by atoms with van der Waals surface area (Å²) in [6, 6.07) is -5.27. The number of nitrogens with two attached hydrogens (primary N) is 3. The Bertz CT molecular complexity index is 817.